The molecule has 3 aliphatic heterocycles. The molecule has 4 heterocycles. The summed E-state index contributed by atoms with van der Waals surface area (Å²) in [6.07, 6.45) is 12.4. The summed E-state index contributed by atoms with van der Waals surface area (Å²) >= 11 is 0. The molecule has 0 N–H and O–H groups in total. The quantitative estimate of drug-likeness (QED) is 0.626. The molecule has 0 bridgehead atoms. The number of ether oxygens (including phenoxy) is 1. The van der Waals surface area contributed by atoms with E-state index in [9.17, 15) is 8.42 Å². The lowest BCUT2D eigenvalue weighted by atomic mass is 10.0. The van der Waals surface area contributed by atoms with E-state index in [1.54, 1.807) is 8.99 Å². The molecule has 0 radical (unpaired) electrons. The molecule has 0 spiro atoms. The fraction of sp³-hybridized carbons (Fsp3) is 0.565. The maximum atomic E-state index is 14.3. The molecule has 1 fully saturated rings. The molecule has 1 aromatic heterocycles. The predicted octanol–water partition coefficient (Wildman–Crippen LogP) is 1.78. The zero-order valence-electron chi connectivity index (χ0n) is 20.2. The molecule has 1 aromatic rings. The molecule has 1 atom stereocenters. The van der Waals surface area contributed by atoms with Crippen molar-refractivity contribution < 1.29 is 13.2 Å². The third-order valence-corrected chi connectivity index (χ3v) is 8.68. The van der Waals surface area contributed by atoms with Crippen molar-refractivity contribution in [3.8, 4) is 0 Å². The smallest absolute Gasteiger partial charge is 0.309 e. The summed E-state index contributed by atoms with van der Waals surface area (Å²) in [5.41, 5.74) is 1.35. The number of hydrogen-bond donors (Lipinski definition) is 0. The maximum absolute atomic E-state index is 14.3. The minimum atomic E-state index is -3.88. The molecular formula is C23H33N7O3S. The Morgan fingerprint density at radius 2 is 1.91 bits per heavy atom. The minimum absolute atomic E-state index is 0.0328. The van der Waals surface area contributed by atoms with Crippen LogP contribution in [0, 0.1) is 0 Å². The summed E-state index contributed by atoms with van der Waals surface area (Å²) < 4.78 is 39.5. The Morgan fingerprint density at radius 3 is 2.62 bits per heavy atom. The molecule has 5 rings (SSSR count). The Labute approximate surface area is 201 Å². The van der Waals surface area contributed by atoms with Crippen LogP contribution in [-0.2, 0) is 14.9 Å². The summed E-state index contributed by atoms with van der Waals surface area (Å²) in [6.45, 7) is 6.01. The van der Waals surface area contributed by atoms with Crippen LogP contribution in [0.25, 0.3) is 5.70 Å². The molecule has 1 aliphatic carbocycles. The first-order valence-corrected chi connectivity index (χ1v) is 13.2. The van der Waals surface area contributed by atoms with Gasteiger partial charge in [0.05, 0.1) is 6.61 Å². The molecule has 1 saturated heterocycles. The van der Waals surface area contributed by atoms with Crippen molar-refractivity contribution in [3.05, 3.63) is 54.0 Å². The van der Waals surface area contributed by atoms with E-state index in [2.05, 4.69) is 15.0 Å². The molecule has 10 nitrogen and oxygen atoms in total. The van der Waals surface area contributed by atoms with E-state index in [4.69, 9.17) is 4.74 Å². The SMILES string of the molecule is CC(C)n1ncnc1C1=CN2CCOC3C=CC=CC3=C2N1S(=O)(=O)N1CCC(N(C)C)CC1. The van der Waals surface area contributed by atoms with Crippen LogP contribution in [0.1, 0.15) is 38.6 Å². The predicted molar refractivity (Wildman–Crippen MR) is 129 cm³/mol. The van der Waals surface area contributed by atoms with Gasteiger partial charge >= 0.3 is 10.2 Å². The highest BCUT2D eigenvalue weighted by Crippen LogP contribution is 2.41. The van der Waals surface area contributed by atoms with Crippen molar-refractivity contribution in [2.75, 3.05) is 40.3 Å². The highest BCUT2D eigenvalue weighted by atomic mass is 32.2. The van der Waals surface area contributed by atoms with Gasteiger partial charge in [-0.25, -0.2) is 14.0 Å². The van der Waals surface area contributed by atoms with Crippen molar-refractivity contribution in [3.63, 3.8) is 0 Å². The van der Waals surface area contributed by atoms with E-state index in [0.29, 0.717) is 49.6 Å². The lowest BCUT2D eigenvalue weighted by molar-refractivity contribution is 0.111. The average molecular weight is 488 g/mol. The van der Waals surface area contributed by atoms with Crippen LogP contribution in [0.15, 0.2) is 48.2 Å². The first kappa shape index (κ1) is 23.3. The van der Waals surface area contributed by atoms with Gasteiger partial charge in [-0.05, 0) is 40.8 Å². The normalized spacial score (nSPS) is 24.2. The average Bonchev–Trinajstić information content (AvgIpc) is 3.41. The van der Waals surface area contributed by atoms with Crippen LogP contribution >= 0.6 is 0 Å². The highest BCUT2D eigenvalue weighted by molar-refractivity contribution is 7.87. The first-order chi connectivity index (χ1) is 16.3. The summed E-state index contributed by atoms with van der Waals surface area (Å²) in [5, 5.41) is 4.38. The second-order valence-corrected chi connectivity index (χ2v) is 11.3. The number of piperidine rings is 1. The lowest BCUT2D eigenvalue weighted by Crippen LogP contribution is -2.49. The topological polar surface area (TPSA) is 87.0 Å². The van der Waals surface area contributed by atoms with Crippen LogP contribution in [0.5, 0.6) is 0 Å². The standard InChI is InChI=1S/C23H33N7O3S/c1-17(2)29-22(24-16-25-29)20-15-27-13-14-33-21-8-6-5-7-19(21)23(27)30(20)34(31,32)28-11-9-18(10-12-28)26(3)4/h5-8,15-18,21H,9-14H2,1-4H3. The number of hydrogen-bond acceptors (Lipinski definition) is 7. The largest absolute Gasteiger partial charge is 0.367 e. The van der Waals surface area contributed by atoms with Gasteiger partial charge < -0.3 is 14.5 Å². The van der Waals surface area contributed by atoms with Gasteiger partial charge in [-0.15, -0.1) is 0 Å². The van der Waals surface area contributed by atoms with E-state index in [-0.39, 0.29) is 12.1 Å². The van der Waals surface area contributed by atoms with E-state index in [1.807, 2.05) is 63.3 Å². The summed E-state index contributed by atoms with van der Waals surface area (Å²) in [7, 11) is 0.219. The minimum Gasteiger partial charge on any atom is -0.367 e. The van der Waals surface area contributed by atoms with Gasteiger partial charge in [0.25, 0.3) is 0 Å². The van der Waals surface area contributed by atoms with Gasteiger partial charge in [-0.2, -0.15) is 17.8 Å². The molecule has 1 unspecified atom stereocenters. The van der Waals surface area contributed by atoms with Gasteiger partial charge in [0.1, 0.15) is 23.9 Å². The molecule has 0 amide bonds. The Balaban J connectivity index is 1.62. The maximum Gasteiger partial charge on any atom is 0.309 e. The van der Waals surface area contributed by atoms with Crippen molar-refractivity contribution >= 4 is 15.9 Å². The van der Waals surface area contributed by atoms with Gasteiger partial charge in [0, 0.05) is 43.5 Å². The number of allylic oxidation sites excluding steroid dienone is 2. The third-order valence-electron chi connectivity index (χ3n) is 6.83. The fourth-order valence-corrected chi connectivity index (χ4v) is 6.70. The molecule has 34 heavy (non-hydrogen) atoms. The molecular weight excluding hydrogens is 454 g/mol. The molecule has 184 valence electrons. The van der Waals surface area contributed by atoms with E-state index < -0.39 is 10.2 Å². The third kappa shape index (κ3) is 3.90. The van der Waals surface area contributed by atoms with Gasteiger partial charge in [-0.1, -0.05) is 24.3 Å². The monoisotopic (exact) mass is 487 g/mol. The summed E-state index contributed by atoms with van der Waals surface area (Å²) in [6, 6.07) is 0.412. The number of rotatable bonds is 5. The zero-order valence-corrected chi connectivity index (χ0v) is 21.0. The van der Waals surface area contributed by atoms with E-state index in [1.165, 1.54) is 10.6 Å². The number of fused-ring (bicyclic) bond motifs is 2. The second-order valence-electron chi connectivity index (χ2n) is 9.51. The Bertz CT molecular complexity index is 1160. The van der Waals surface area contributed by atoms with Gasteiger partial charge in [0.2, 0.25) is 0 Å². The van der Waals surface area contributed by atoms with Crippen LogP contribution in [0.3, 0.4) is 0 Å². The van der Waals surface area contributed by atoms with Crippen molar-refractivity contribution in [1.82, 2.24) is 33.2 Å². The van der Waals surface area contributed by atoms with Crippen LogP contribution < -0.4 is 0 Å². The van der Waals surface area contributed by atoms with Crippen molar-refractivity contribution in [2.24, 2.45) is 0 Å². The molecule has 4 aliphatic rings. The van der Waals surface area contributed by atoms with Crippen LogP contribution in [0.2, 0.25) is 0 Å². The van der Waals surface area contributed by atoms with Crippen molar-refractivity contribution in [2.45, 2.75) is 44.9 Å². The van der Waals surface area contributed by atoms with Crippen molar-refractivity contribution in [1.29, 1.82) is 0 Å². The Kier molecular flexibility index (Phi) is 6.13. The number of aromatic nitrogens is 3. The van der Waals surface area contributed by atoms with Gasteiger partial charge in [0.15, 0.2) is 5.82 Å². The zero-order chi connectivity index (χ0) is 24.0. The van der Waals surface area contributed by atoms with E-state index >= 15 is 0 Å². The molecule has 0 saturated carbocycles. The first-order valence-electron chi connectivity index (χ1n) is 11.8. The summed E-state index contributed by atoms with van der Waals surface area (Å²) in [5.74, 6) is 1.15. The fourth-order valence-electron chi connectivity index (χ4n) is 4.99. The lowest BCUT2D eigenvalue weighted by Gasteiger charge is -2.38. The van der Waals surface area contributed by atoms with Crippen LogP contribution in [-0.4, -0.2) is 94.1 Å². The Morgan fingerprint density at radius 1 is 1.15 bits per heavy atom. The molecule has 11 heteroatoms. The van der Waals surface area contributed by atoms with E-state index in [0.717, 1.165) is 18.4 Å². The molecule has 0 aromatic carbocycles. The Hall–Kier alpha value is -2.47. The summed E-state index contributed by atoms with van der Waals surface area (Å²) in [4.78, 5) is 8.65. The number of nitrogens with zero attached hydrogens (tertiary/aromatic N) is 7. The van der Waals surface area contributed by atoms with Crippen LogP contribution in [0.4, 0.5) is 0 Å². The van der Waals surface area contributed by atoms with Gasteiger partial charge in [-0.3, -0.25) is 0 Å². The highest BCUT2D eigenvalue weighted by Gasteiger charge is 2.45. The second kappa shape index (κ2) is 8.95.